The number of hydrogen-bond donors (Lipinski definition) is 2. The van der Waals surface area contributed by atoms with Gasteiger partial charge in [0.2, 0.25) is 0 Å². The van der Waals surface area contributed by atoms with E-state index in [0.717, 1.165) is 11.6 Å². The van der Waals surface area contributed by atoms with E-state index in [-0.39, 0.29) is 17.5 Å². The zero-order valence-corrected chi connectivity index (χ0v) is 13.6. The van der Waals surface area contributed by atoms with Gasteiger partial charge in [-0.25, -0.2) is 0 Å². The first-order valence-corrected chi connectivity index (χ1v) is 7.56. The van der Waals surface area contributed by atoms with Gasteiger partial charge in [0.1, 0.15) is 0 Å². The second-order valence-corrected chi connectivity index (χ2v) is 5.60. The molecule has 0 radical (unpaired) electrons. The number of benzene rings is 2. The molecule has 0 aromatic heterocycles. The van der Waals surface area contributed by atoms with E-state index in [2.05, 4.69) is 10.6 Å². The number of hydrogen-bond acceptors (Lipinski definition) is 2. The summed E-state index contributed by atoms with van der Waals surface area (Å²) in [7, 11) is 1.55. The smallest absolute Gasteiger partial charge is 0.355 e. The molecule has 3 nitrogen and oxygen atoms in total. The Bertz CT molecular complexity index is 715. The summed E-state index contributed by atoms with van der Waals surface area (Å²) >= 11 is 5.59. The summed E-state index contributed by atoms with van der Waals surface area (Å²) in [5.74, 6) is -0.171. The third-order valence-corrected chi connectivity index (χ3v) is 3.77. The van der Waals surface area contributed by atoms with Crippen LogP contribution in [0, 0.1) is 0 Å². The minimum Gasteiger partial charge on any atom is -0.355 e. The van der Waals surface area contributed by atoms with Gasteiger partial charge >= 0.3 is 6.18 Å². The molecule has 0 aliphatic heterocycles. The first kappa shape index (κ1) is 18.3. The van der Waals surface area contributed by atoms with Crippen molar-refractivity contribution in [3.63, 3.8) is 0 Å². The van der Waals surface area contributed by atoms with Crippen molar-refractivity contribution in [3.8, 4) is 0 Å². The largest absolute Gasteiger partial charge is 0.417 e. The van der Waals surface area contributed by atoms with Gasteiger partial charge in [0.15, 0.2) is 0 Å². The Morgan fingerprint density at radius 1 is 1.04 bits per heavy atom. The molecule has 2 N–H and O–H groups in total. The highest BCUT2D eigenvalue weighted by molar-refractivity contribution is 6.31. The molecule has 24 heavy (non-hydrogen) atoms. The first-order chi connectivity index (χ1) is 11.3. The van der Waals surface area contributed by atoms with Crippen molar-refractivity contribution in [1.29, 1.82) is 0 Å². The number of amides is 1. The van der Waals surface area contributed by atoms with E-state index in [9.17, 15) is 18.0 Å². The molecule has 0 saturated heterocycles. The molecule has 0 aliphatic carbocycles. The van der Waals surface area contributed by atoms with Gasteiger partial charge in [-0.15, -0.1) is 0 Å². The van der Waals surface area contributed by atoms with E-state index in [1.807, 2.05) is 0 Å². The molecule has 2 aromatic carbocycles. The monoisotopic (exact) mass is 356 g/mol. The van der Waals surface area contributed by atoms with Gasteiger partial charge in [0.25, 0.3) is 5.91 Å². The number of nitrogens with one attached hydrogen (secondary N) is 2. The van der Waals surface area contributed by atoms with Crippen LogP contribution in [0.3, 0.4) is 0 Å². The maximum atomic E-state index is 12.8. The topological polar surface area (TPSA) is 41.1 Å². The van der Waals surface area contributed by atoms with Gasteiger partial charge in [-0.05, 0) is 35.4 Å². The SMILES string of the molecule is CNC(=O)c1ccc(CNCc2ccc(Cl)c(C(F)(F)F)c2)cc1. The van der Waals surface area contributed by atoms with Crippen molar-refractivity contribution >= 4 is 17.5 Å². The Kier molecular flexibility index (Phi) is 5.85. The van der Waals surface area contributed by atoms with E-state index in [1.165, 1.54) is 6.07 Å². The maximum absolute atomic E-state index is 12.8. The molecular formula is C17H16ClF3N2O. The lowest BCUT2D eigenvalue weighted by atomic mass is 10.1. The molecule has 1 amide bonds. The van der Waals surface area contributed by atoms with Gasteiger partial charge in [0.05, 0.1) is 10.6 Å². The summed E-state index contributed by atoms with van der Waals surface area (Å²) in [6.45, 7) is 0.745. The summed E-state index contributed by atoms with van der Waals surface area (Å²) in [4.78, 5) is 11.4. The maximum Gasteiger partial charge on any atom is 0.417 e. The molecular weight excluding hydrogens is 341 g/mol. The molecule has 0 spiro atoms. The van der Waals surface area contributed by atoms with Crippen molar-refractivity contribution in [2.24, 2.45) is 0 Å². The third-order valence-electron chi connectivity index (χ3n) is 3.44. The fraction of sp³-hybridized carbons (Fsp3) is 0.235. The Morgan fingerprint density at radius 3 is 2.21 bits per heavy atom. The van der Waals surface area contributed by atoms with E-state index in [1.54, 1.807) is 37.4 Å². The molecule has 7 heteroatoms. The molecule has 0 atom stereocenters. The number of rotatable bonds is 5. The first-order valence-electron chi connectivity index (χ1n) is 7.18. The van der Waals surface area contributed by atoms with Crippen LogP contribution < -0.4 is 10.6 Å². The molecule has 0 saturated carbocycles. The van der Waals surface area contributed by atoms with Crippen molar-refractivity contribution < 1.29 is 18.0 Å². The van der Waals surface area contributed by atoms with Gasteiger partial charge in [-0.1, -0.05) is 29.8 Å². The van der Waals surface area contributed by atoms with E-state index in [0.29, 0.717) is 17.7 Å². The Labute approximate surface area is 142 Å². The predicted octanol–water partition coefficient (Wildman–Crippen LogP) is 4.01. The molecule has 2 rings (SSSR count). The second kappa shape index (κ2) is 7.68. The summed E-state index contributed by atoms with van der Waals surface area (Å²) < 4.78 is 38.4. The minimum atomic E-state index is -4.47. The van der Waals surface area contributed by atoms with E-state index in [4.69, 9.17) is 11.6 Å². The van der Waals surface area contributed by atoms with Crippen LogP contribution in [-0.4, -0.2) is 13.0 Å². The molecule has 0 aliphatic rings. The number of carbonyl (C=O) groups is 1. The second-order valence-electron chi connectivity index (χ2n) is 5.19. The van der Waals surface area contributed by atoms with Gasteiger partial charge in [-0.2, -0.15) is 13.2 Å². The van der Waals surface area contributed by atoms with Crippen LogP contribution in [0.15, 0.2) is 42.5 Å². The Morgan fingerprint density at radius 2 is 1.62 bits per heavy atom. The van der Waals surface area contributed by atoms with Crippen LogP contribution in [0.1, 0.15) is 27.0 Å². The van der Waals surface area contributed by atoms with Gasteiger partial charge < -0.3 is 10.6 Å². The molecule has 0 bridgehead atoms. The zero-order chi connectivity index (χ0) is 17.7. The van der Waals surface area contributed by atoms with Crippen LogP contribution in [0.5, 0.6) is 0 Å². The average molecular weight is 357 g/mol. The zero-order valence-electron chi connectivity index (χ0n) is 12.9. The summed E-state index contributed by atoms with van der Waals surface area (Å²) in [5, 5.41) is 5.29. The third kappa shape index (κ3) is 4.72. The lowest BCUT2D eigenvalue weighted by molar-refractivity contribution is -0.137. The number of halogens is 4. The van der Waals surface area contributed by atoms with Crippen LogP contribution in [0.25, 0.3) is 0 Å². The minimum absolute atomic E-state index is 0.171. The van der Waals surface area contributed by atoms with Crippen molar-refractivity contribution in [2.45, 2.75) is 19.3 Å². The Balaban J connectivity index is 1.96. The van der Waals surface area contributed by atoms with Crippen LogP contribution in [-0.2, 0) is 19.3 Å². The number of carbonyl (C=O) groups excluding carboxylic acids is 1. The van der Waals surface area contributed by atoms with Crippen molar-refractivity contribution in [3.05, 3.63) is 69.7 Å². The van der Waals surface area contributed by atoms with Gasteiger partial charge in [0, 0.05) is 25.7 Å². The quantitative estimate of drug-likeness (QED) is 0.850. The van der Waals surface area contributed by atoms with E-state index < -0.39 is 11.7 Å². The van der Waals surface area contributed by atoms with Crippen LogP contribution in [0.2, 0.25) is 5.02 Å². The molecule has 0 fully saturated rings. The number of alkyl halides is 3. The molecule has 0 heterocycles. The van der Waals surface area contributed by atoms with Crippen molar-refractivity contribution in [2.75, 3.05) is 7.05 Å². The molecule has 2 aromatic rings. The summed E-state index contributed by atoms with van der Waals surface area (Å²) in [5.41, 5.74) is 1.13. The lowest BCUT2D eigenvalue weighted by Gasteiger charge is -2.11. The van der Waals surface area contributed by atoms with E-state index >= 15 is 0 Å². The predicted molar refractivity (Wildman–Crippen MR) is 86.8 cm³/mol. The van der Waals surface area contributed by atoms with Crippen LogP contribution in [0.4, 0.5) is 13.2 Å². The average Bonchev–Trinajstić information content (AvgIpc) is 2.55. The molecule has 0 unspecified atom stereocenters. The van der Waals surface area contributed by atoms with Crippen LogP contribution >= 0.6 is 11.6 Å². The fourth-order valence-electron chi connectivity index (χ4n) is 2.17. The summed E-state index contributed by atoms with van der Waals surface area (Å²) in [6.07, 6.45) is -4.47. The standard InChI is InChI=1S/C17H16ClF3N2O/c1-22-16(24)13-5-2-11(3-6-13)9-23-10-12-4-7-15(18)14(8-12)17(19,20)21/h2-8,23H,9-10H2,1H3,(H,22,24). The highest BCUT2D eigenvalue weighted by atomic mass is 35.5. The lowest BCUT2D eigenvalue weighted by Crippen LogP contribution is -2.18. The summed E-state index contributed by atoms with van der Waals surface area (Å²) in [6, 6.07) is 10.8. The highest BCUT2D eigenvalue weighted by Gasteiger charge is 2.33. The highest BCUT2D eigenvalue weighted by Crippen LogP contribution is 2.35. The fourth-order valence-corrected chi connectivity index (χ4v) is 2.39. The van der Waals surface area contributed by atoms with Crippen molar-refractivity contribution in [1.82, 2.24) is 10.6 Å². The normalized spacial score (nSPS) is 11.4. The Hall–Kier alpha value is -2.05. The molecule has 128 valence electrons. The van der Waals surface area contributed by atoms with Gasteiger partial charge in [-0.3, -0.25) is 4.79 Å².